The van der Waals surface area contributed by atoms with Crippen molar-refractivity contribution >= 4 is 34.7 Å². The van der Waals surface area contributed by atoms with Crippen LogP contribution in [0.15, 0.2) is 46.6 Å². The lowest BCUT2D eigenvalue weighted by Crippen LogP contribution is -2.55. The van der Waals surface area contributed by atoms with Gasteiger partial charge in [-0.25, -0.2) is 0 Å². The van der Waals surface area contributed by atoms with E-state index in [0.717, 1.165) is 71.3 Å². The van der Waals surface area contributed by atoms with Crippen molar-refractivity contribution in [3.63, 3.8) is 0 Å². The van der Waals surface area contributed by atoms with Gasteiger partial charge in [-0.05, 0) is 152 Å². The van der Waals surface area contributed by atoms with Gasteiger partial charge in [-0.15, -0.1) is 26.3 Å². The van der Waals surface area contributed by atoms with Crippen LogP contribution in [0, 0.1) is 71.0 Å². The number of halogens is 9. The van der Waals surface area contributed by atoms with E-state index in [1.807, 2.05) is 62.3 Å². The molecule has 35 heteroatoms. The highest BCUT2D eigenvalue weighted by Crippen LogP contribution is 2.67. The van der Waals surface area contributed by atoms with Gasteiger partial charge in [-0.1, -0.05) is 82.6 Å². The standard InChI is InChI=1S/C17H23F3O4.2C17H24O4.C17H26O4.2C15H21F3O5/c1-9-7-16(8-23-16)14(13(22-4)12(9)21)15(3)11(24-15)6-5-10(2)17(18,19)20;2*1-10-8-17(9-20-17)15(14(19-3)13(10)18)16(2)12(21-16)7-6-11-4-5-11;1-10(2)6-7-12-16(4,21-12)15-14(19-5)13(18)11(3)8-17(15)9-20-17;2*1-8-6-14(7-22-14)12(11(20-3)10(8)19)13(2)9(23-13)4-5-21-15(16,17)18/h5,9,11,13-14H,6-8H2,1-4H3;2*6,10,12,14-15H,4-5,7-9H2,1-3H3;6,11-12,14-15H,7-9H2,1-5H3;2*8-9,11-12H,4-7H2,1-3H3/b10-5+;;;;;/t9-,11-,13-,14-,15-,16+;10-,12+,14+,15+,16-,17-;10-,12-,14-,15-,16+,17+;11-,12-,14-,15-,16-,17+;8-,9+,11+,12+,13+,14-;8-,9-,11-,12-,13-,14+/m101101/s1. The smallest absolute Gasteiger partial charge is 0.373 e. The number of hydrogen-bond acceptors (Lipinski definition) is 26. The molecule has 8 aliphatic carbocycles. The molecule has 12 aliphatic heterocycles. The molecule has 12 heterocycles. The summed E-state index contributed by atoms with van der Waals surface area (Å²) in [5.74, 6) is -0.635. The summed E-state index contributed by atoms with van der Waals surface area (Å²) in [4.78, 5) is 74.7. The van der Waals surface area contributed by atoms with E-state index in [9.17, 15) is 68.3 Å². The van der Waals surface area contributed by atoms with Gasteiger partial charge in [0.2, 0.25) is 0 Å². The van der Waals surface area contributed by atoms with Crippen LogP contribution in [0.25, 0.3) is 0 Å². The van der Waals surface area contributed by atoms with Gasteiger partial charge in [-0.3, -0.25) is 38.2 Å². The lowest BCUT2D eigenvalue weighted by Gasteiger charge is -2.40. The van der Waals surface area contributed by atoms with E-state index < -0.39 is 108 Å². The van der Waals surface area contributed by atoms with E-state index in [-0.39, 0.29) is 195 Å². The third-order valence-corrected chi connectivity index (χ3v) is 33.3. The molecule has 36 atom stereocenters. The average Bonchev–Trinajstić information content (AvgIpc) is 1.57. The van der Waals surface area contributed by atoms with Crippen LogP contribution in [0.2, 0.25) is 0 Å². The van der Waals surface area contributed by atoms with Crippen LogP contribution in [-0.4, -0.2) is 290 Å². The van der Waals surface area contributed by atoms with E-state index in [0.29, 0.717) is 39.1 Å². The first-order valence-corrected chi connectivity index (χ1v) is 47.6. The van der Waals surface area contributed by atoms with Crippen LogP contribution in [0.1, 0.15) is 207 Å². The minimum Gasteiger partial charge on any atom is -0.373 e. The van der Waals surface area contributed by atoms with Gasteiger partial charge in [0.15, 0.2) is 34.7 Å². The van der Waals surface area contributed by atoms with Gasteiger partial charge in [0.25, 0.3) is 0 Å². The molecule has 0 unspecified atom stereocenters. The first-order valence-electron chi connectivity index (χ1n) is 47.6. The monoisotopic (exact) mass is 1900 g/mol. The number of epoxide rings is 12. The fraction of sp³-hybridized carbons (Fsp3) is 0.857. The molecule has 750 valence electrons. The molecule has 133 heavy (non-hydrogen) atoms. The number of hydrogen-bond donors (Lipinski definition) is 0. The lowest BCUT2D eigenvalue weighted by atomic mass is 9.66. The Labute approximate surface area is 773 Å². The second-order valence-electron chi connectivity index (χ2n) is 43.2. The quantitative estimate of drug-likeness (QED) is 0.0441. The first-order chi connectivity index (χ1) is 62.1. The van der Waals surface area contributed by atoms with Gasteiger partial charge >= 0.3 is 18.9 Å². The van der Waals surface area contributed by atoms with Gasteiger partial charge in [0.1, 0.15) is 104 Å². The summed E-state index contributed by atoms with van der Waals surface area (Å²) >= 11 is 0. The summed E-state index contributed by atoms with van der Waals surface area (Å²) < 4.78 is 221. The fourth-order valence-corrected chi connectivity index (χ4v) is 25.1. The van der Waals surface area contributed by atoms with Crippen molar-refractivity contribution in [1.29, 1.82) is 0 Å². The van der Waals surface area contributed by atoms with Gasteiger partial charge < -0.3 is 85.3 Å². The minimum absolute atomic E-state index is 0.000594. The molecule has 6 spiro atoms. The van der Waals surface area contributed by atoms with Crippen molar-refractivity contribution in [1.82, 2.24) is 0 Å². The number of carbonyl (C=O) groups is 6. The Kier molecular flexibility index (Phi) is 28.5. The Bertz CT molecular complexity index is 4160. The van der Waals surface area contributed by atoms with Crippen molar-refractivity contribution in [2.45, 2.75) is 366 Å². The van der Waals surface area contributed by atoms with Crippen LogP contribution in [0.3, 0.4) is 0 Å². The summed E-state index contributed by atoms with van der Waals surface area (Å²) in [5.41, 5.74) is -1.20. The molecule has 12 saturated heterocycles. The van der Waals surface area contributed by atoms with Crippen LogP contribution in [0.4, 0.5) is 39.5 Å². The molecule has 0 N–H and O–H groups in total. The van der Waals surface area contributed by atoms with Crippen molar-refractivity contribution < 1.29 is 163 Å². The largest absolute Gasteiger partial charge is 0.522 e. The summed E-state index contributed by atoms with van der Waals surface area (Å²) in [6.45, 7) is 31.4. The van der Waals surface area contributed by atoms with E-state index in [4.69, 9.17) is 85.3 Å². The second-order valence-corrected chi connectivity index (χ2v) is 43.2. The molecular weight excluding hydrogens is 1760 g/mol. The average molecular weight is 1900 g/mol. The topological polar surface area (TPSA) is 327 Å². The summed E-state index contributed by atoms with van der Waals surface area (Å²) in [5, 5.41) is 0. The SMILES string of the molecule is CO[C@@H]1C(=O)[C@@H](C)C[C@]2(CO2)[C@H]1[C@@]1(C)O[C@@H]1CC=C1CC1.CO[C@@H]1C(=O)[C@@H](C)C[C@]2(CO2)[C@H]1[C@]1(C)O[C@@H]1CCOC(F)(F)F.CO[C@@H]1C(=O)[C@H](C)C[C@]2(CO2)[C@H]1[C@@]1(C)O[C@@H]1CC=C1CC1.CO[C@@H]1C(=O)[C@H](C)C[C@]2(CO2)[C@H]1[C@]1(C)O[C@@H]1C/C=C(\C)C(F)(F)F.CO[C@@H]1C(=O)[C@H](C)C[C@]2(CO2)[C@H]1[C@]1(C)O[C@@H]1CC=C(C)C.CO[C@@H]1C(=O)[C@H](C)C[C@]2(CO2)[C@H]1[C@]1(C)O[C@@H]1CCOC(F)(F)F. The molecular formula is C98H139F9O26. The van der Waals surface area contributed by atoms with Crippen LogP contribution >= 0.6 is 0 Å². The molecule has 8 saturated carbocycles. The van der Waals surface area contributed by atoms with Crippen molar-refractivity contribution in [2.75, 3.05) is 95.5 Å². The summed E-state index contributed by atoms with van der Waals surface area (Å²) in [6, 6.07) is 0. The van der Waals surface area contributed by atoms with Gasteiger partial charge in [0.05, 0.1) is 125 Å². The van der Waals surface area contributed by atoms with Gasteiger partial charge in [0, 0.05) is 96.6 Å². The summed E-state index contributed by atoms with van der Waals surface area (Å²) in [7, 11) is 9.32. The highest BCUT2D eigenvalue weighted by atomic mass is 19.4. The molecule has 20 fully saturated rings. The number of ketones is 6. The molecule has 0 aromatic heterocycles. The molecule has 0 aromatic rings. The van der Waals surface area contributed by atoms with Gasteiger partial charge in [-0.2, -0.15) is 13.2 Å². The molecule has 0 aromatic carbocycles. The maximum atomic E-state index is 12.6. The number of Topliss-reactive ketones (excluding diaryl/α,β-unsaturated/α-hetero) is 6. The zero-order valence-corrected chi connectivity index (χ0v) is 80.7. The zero-order valence-electron chi connectivity index (χ0n) is 80.7. The third kappa shape index (κ3) is 20.7. The Morgan fingerprint density at radius 3 is 0.699 bits per heavy atom. The normalized spacial score (nSPS) is 48.0. The molecule has 0 radical (unpaired) electrons. The van der Waals surface area contributed by atoms with Crippen LogP contribution in [-0.2, 0) is 124 Å². The van der Waals surface area contributed by atoms with Crippen molar-refractivity contribution in [2.24, 2.45) is 71.0 Å². The lowest BCUT2D eigenvalue weighted by molar-refractivity contribution is -0.325. The Morgan fingerprint density at radius 1 is 0.323 bits per heavy atom. The van der Waals surface area contributed by atoms with Crippen LogP contribution < -0.4 is 0 Å². The molecule has 20 rings (SSSR count). The predicted molar refractivity (Wildman–Crippen MR) is 456 cm³/mol. The predicted octanol–water partition coefficient (Wildman–Crippen LogP) is 14.2. The number of carbonyl (C=O) groups excluding carboxylic acids is 6. The zero-order chi connectivity index (χ0) is 97.1. The Morgan fingerprint density at radius 2 is 0.519 bits per heavy atom. The molecule has 20 aliphatic rings. The first kappa shape index (κ1) is 103. The number of methoxy groups -OCH3 is 6. The maximum absolute atomic E-state index is 12.6. The number of alkyl halides is 9. The van der Waals surface area contributed by atoms with E-state index >= 15 is 0 Å². The molecule has 0 amide bonds. The van der Waals surface area contributed by atoms with E-state index in [1.54, 1.807) is 32.5 Å². The second kappa shape index (κ2) is 36.8. The van der Waals surface area contributed by atoms with E-state index in [1.165, 1.54) is 52.6 Å². The fourth-order valence-electron chi connectivity index (χ4n) is 25.1. The number of allylic oxidation sites excluding steroid dienone is 4. The van der Waals surface area contributed by atoms with Crippen LogP contribution in [0.5, 0.6) is 0 Å². The minimum atomic E-state index is -4.64. The summed E-state index contributed by atoms with van der Waals surface area (Å²) in [6.07, 6.45) is 3.07. The Hall–Kier alpha value is -4.45. The third-order valence-electron chi connectivity index (χ3n) is 33.3. The Balaban J connectivity index is 0.000000122. The number of ether oxygens (including phenoxy) is 20. The molecule has 0 bridgehead atoms. The van der Waals surface area contributed by atoms with Crippen molar-refractivity contribution in [3.05, 3.63) is 46.6 Å². The highest BCUT2D eigenvalue weighted by molar-refractivity contribution is 5.90. The van der Waals surface area contributed by atoms with E-state index in [2.05, 4.69) is 62.3 Å². The van der Waals surface area contributed by atoms with Crippen molar-refractivity contribution in [3.8, 4) is 0 Å². The maximum Gasteiger partial charge on any atom is 0.522 e. The number of rotatable bonds is 26. The molecule has 26 nitrogen and oxygen atoms in total. The highest BCUT2D eigenvalue weighted by Gasteiger charge is 2.80.